The predicted octanol–water partition coefficient (Wildman–Crippen LogP) is 1.24. The van der Waals surface area contributed by atoms with E-state index in [9.17, 15) is 4.79 Å². The lowest BCUT2D eigenvalue weighted by molar-refractivity contribution is -0.137. The van der Waals surface area contributed by atoms with E-state index < -0.39 is 24.4 Å². The Bertz CT molecular complexity index is 219. The van der Waals surface area contributed by atoms with Gasteiger partial charge in [-0.25, -0.2) is 0 Å². The van der Waals surface area contributed by atoms with Gasteiger partial charge in [0.15, 0.2) is 0 Å². The van der Waals surface area contributed by atoms with E-state index in [0.29, 0.717) is 0 Å². The van der Waals surface area contributed by atoms with Crippen LogP contribution in [0.2, 0.25) is 1.41 Å². The predicted molar refractivity (Wildman–Crippen MR) is 44.6 cm³/mol. The van der Waals surface area contributed by atoms with Crippen LogP contribution in [0, 0.1) is 0 Å². The van der Waals surface area contributed by atoms with E-state index in [4.69, 9.17) is 5.58 Å². The average molecular weight is 163 g/mol. The number of carbonyl (C=O) groups is 1. The van der Waals surface area contributed by atoms with Crippen molar-refractivity contribution in [2.24, 2.45) is 0 Å². The quantitative estimate of drug-likeness (QED) is 0.655. The third kappa shape index (κ3) is 9.43. The van der Waals surface area contributed by atoms with Crippen LogP contribution in [0.3, 0.4) is 0 Å². The third-order valence-electron chi connectivity index (χ3n) is 0.869. The van der Waals surface area contributed by atoms with Crippen LogP contribution in [0.15, 0.2) is 0 Å². The lowest BCUT2D eigenvalue weighted by Gasteiger charge is -2.19. The number of hydrogen-bond acceptors (Lipinski definition) is 3. The van der Waals surface area contributed by atoms with E-state index in [0.717, 1.165) is 5.31 Å². The molecule has 0 aliphatic heterocycles. The van der Waals surface area contributed by atoms with Gasteiger partial charge in [-0.1, -0.05) is 0 Å². The fourth-order valence-corrected chi connectivity index (χ4v) is 0.475. The van der Waals surface area contributed by atoms with Crippen molar-refractivity contribution in [2.45, 2.75) is 39.1 Å². The minimum Gasteiger partial charge on any atom is -0.481 e. The Morgan fingerprint density at radius 2 is 2.45 bits per heavy atom. The monoisotopic (exact) mass is 163 g/mol. The first-order valence-corrected chi connectivity index (χ1v) is 3.50. The van der Waals surface area contributed by atoms with Crippen molar-refractivity contribution in [3.05, 3.63) is 0 Å². The van der Waals surface area contributed by atoms with Gasteiger partial charge in [-0.15, -0.1) is 0 Å². The molecule has 0 aromatic carbocycles. The Balaban J connectivity index is 4.25. The molecule has 0 aromatic heterocycles. The van der Waals surface area contributed by atoms with Crippen LogP contribution in [0.25, 0.3) is 1.43 Å². The summed E-state index contributed by atoms with van der Waals surface area (Å²) in [6.45, 7) is 4.32. The highest BCUT2D eigenvalue weighted by molar-refractivity contribution is 5.66. The molecule has 2 N–H and O–H groups in total. The van der Waals surface area contributed by atoms with Gasteiger partial charge in [0.05, 0.1) is 0 Å². The van der Waals surface area contributed by atoms with E-state index in [1.165, 1.54) is 0 Å². The maximum Gasteiger partial charge on any atom is 0.303 e. The second-order valence-electron chi connectivity index (χ2n) is 3.24. The lowest BCUT2D eigenvalue weighted by atomic mass is 10.1. The van der Waals surface area contributed by atoms with Gasteiger partial charge in [0.1, 0.15) is 1.41 Å². The summed E-state index contributed by atoms with van der Waals surface area (Å²) in [5.41, 5.74) is -0.517. The molecule has 0 aromatic rings. The maximum absolute atomic E-state index is 10.8. The minimum absolute atomic E-state index is 0.140. The number of carboxylic acids is 1. The third-order valence-corrected chi connectivity index (χ3v) is 0.869. The van der Waals surface area contributed by atoms with Crippen molar-refractivity contribution in [3.63, 3.8) is 0 Å². The molecule has 0 amide bonds. The number of nitrogens with one attached hydrogen (secondary N) is 1. The molecule has 0 fully saturated rings. The van der Waals surface area contributed by atoms with E-state index in [1.54, 1.807) is 20.8 Å². The molecule has 2 atom stereocenters. The maximum atomic E-state index is 10.8. The molecule has 0 spiro atoms. The standard InChI is InChI=1S/C8H17NO2/c1-8(2,3)9-6-4-5-7(10)11/h9H,4-6H2,1-3H3,(H,10,11)/i5D,6D/hD2. The van der Waals surface area contributed by atoms with E-state index in [2.05, 4.69) is 5.11 Å². The Kier molecular flexibility index (Phi) is 2.03. The molecular formula is C8H17NO2. The highest BCUT2D eigenvalue weighted by Crippen LogP contribution is 1.98. The fourth-order valence-electron chi connectivity index (χ4n) is 0.475. The first kappa shape index (κ1) is 5.14. The molecule has 0 aliphatic carbocycles. The van der Waals surface area contributed by atoms with Crippen molar-refractivity contribution < 1.29 is 14.1 Å². The molecule has 0 saturated heterocycles. The van der Waals surface area contributed by atoms with Crippen molar-refractivity contribution in [1.29, 1.82) is 1.43 Å². The smallest absolute Gasteiger partial charge is 0.303 e. The van der Waals surface area contributed by atoms with Gasteiger partial charge in [-0.3, -0.25) is 4.79 Å². The summed E-state index contributed by atoms with van der Waals surface area (Å²) in [7, 11) is 0. The normalized spacial score (nSPS) is 22.5. The molecule has 0 saturated carbocycles. The van der Waals surface area contributed by atoms with Gasteiger partial charge in [-0.2, -0.15) is 0 Å². The molecule has 3 nitrogen and oxygen atoms in total. The summed E-state index contributed by atoms with van der Waals surface area (Å²) >= 11 is 0. The van der Waals surface area contributed by atoms with E-state index in [1.807, 2.05) is 0 Å². The Hall–Kier alpha value is -0.570. The number of hydrogen-bond donors (Lipinski definition) is 2. The summed E-state index contributed by atoms with van der Waals surface area (Å²) < 4.78 is 28.8. The lowest BCUT2D eigenvalue weighted by Crippen LogP contribution is -2.36. The molecular weight excluding hydrogens is 142 g/mol. The largest absolute Gasteiger partial charge is 0.481 e. The van der Waals surface area contributed by atoms with E-state index in [-0.39, 0.29) is 6.42 Å². The van der Waals surface area contributed by atoms with Crippen molar-refractivity contribution >= 4 is 5.97 Å². The van der Waals surface area contributed by atoms with Gasteiger partial charge >= 0.3 is 5.97 Å². The Morgan fingerprint density at radius 3 is 2.91 bits per heavy atom. The average Bonchev–Trinajstić information content (AvgIpc) is 2.13. The Morgan fingerprint density at radius 1 is 1.82 bits per heavy atom. The van der Waals surface area contributed by atoms with Crippen LogP contribution in [-0.2, 0) is 4.79 Å². The van der Waals surface area contributed by atoms with Gasteiger partial charge in [0, 0.05) is 14.7 Å². The zero-order valence-corrected chi connectivity index (χ0v) is 7.13. The zero-order valence-electron chi connectivity index (χ0n) is 11.1. The molecule has 11 heavy (non-hydrogen) atoms. The molecule has 3 heteroatoms. The molecule has 0 rings (SSSR count). The molecule has 0 aliphatic rings. The second kappa shape index (κ2) is 4.34. The van der Waals surface area contributed by atoms with Crippen LogP contribution < -0.4 is 5.31 Å². The first-order chi connectivity index (χ1) is 6.70. The highest BCUT2D eigenvalue weighted by atomic mass is 16.4. The highest BCUT2D eigenvalue weighted by Gasteiger charge is 2.07. The topological polar surface area (TPSA) is 49.3 Å². The van der Waals surface area contributed by atoms with E-state index >= 15 is 0 Å². The SMILES string of the molecule is [2H]OC(=O)C([2H])CC([2H])N([2H])C(C)(C)C. The van der Waals surface area contributed by atoms with Crippen LogP contribution >= 0.6 is 0 Å². The summed E-state index contributed by atoms with van der Waals surface area (Å²) in [5.74, 6) is -0.991. The second-order valence-corrected chi connectivity index (χ2v) is 3.24. The summed E-state index contributed by atoms with van der Waals surface area (Å²) in [5, 5.41) is 4.66. The number of rotatable bonds is 4. The van der Waals surface area contributed by atoms with Gasteiger partial charge in [0.2, 0.25) is 0 Å². The summed E-state index contributed by atoms with van der Waals surface area (Å²) in [6, 6.07) is 0. The number of aliphatic carboxylic acids is 1. The molecule has 66 valence electrons. The van der Waals surface area contributed by atoms with Gasteiger partial charge in [0.25, 0.3) is 1.43 Å². The molecule has 0 heterocycles. The van der Waals surface area contributed by atoms with Crippen molar-refractivity contribution in [1.82, 2.24) is 5.31 Å². The van der Waals surface area contributed by atoms with Crippen LogP contribution in [0.5, 0.6) is 0 Å². The van der Waals surface area contributed by atoms with Crippen molar-refractivity contribution in [2.75, 3.05) is 6.52 Å². The van der Waals surface area contributed by atoms with Crippen molar-refractivity contribution in [3.8, 4) is 0 Å². The molecule has 2 unspecified atom stereocenters. The van der Waals surface area contributed by atoms with Crippen LogP contribution in [0.4, 0.5) is 0 Å². The fraction of sp³-hybridized carbons (Fsp3) is 0.875. The Labute approximate surface area is 73.6 Å². The summed E-state index contributed by atoms with van der Waals surface area (Å²) in [6.07, 6.45) is -1.42. The zero-order chi connectivity index (χ0) is 12.2. The minimum atomic E-state index is -1.28. The van der Waals surface area contributed by atoms with Gasteiger partial charge in [-0.05, 0) is 33.7 Å². The summed E-state index contributed by atoms with van der Waals surface area (Å²) in [4.78, 5) is 10.8. The number of carboxylic acid groups (broad SMARTS) is 1. The van der Waals surface area contributed by atoms with Gasteiger partial charge < -0.3 is 10.4 Å². The first-order valence-electron chi connectivity index (χ1n) is 5.51. The molecule has 0 radical (unpaired) electrons. The molecule has 0 bridgehead atoms. The van der Waals surface area contributed by atoms with Crippen LogP contribution in [-0.4, -0.2) is 23.1 Å². The van der Waals surface area contributed by atoms with Crippen LogP contribution in [0.1, 0.15) is 36.3 Å².